The Morgan fingerprint density at radius 1 is 1.06 bits per heavy atom. The molecule has 33 heavy (non-hydrogen) atoms. The first-order valence-electron chi connectivity index (χ1n) is 10.3. The molecule has 0 aliphatic heterocycles. The van der Waals surface area contributed by atoms with Crippen LogP contribution in [0.3, 0.4) is 0 Å². The van der Waals surface area contributed by atoms with E-state index in [1.165, 1.54) is 21.8 Å². The van der Waals surface area contributed by atoms with E-state index < -0.39 is 0 Å². The van der Waals surface area contributed by atoms with E-state index in [4.69, 9.17) is 4.98 Å². The molecule has 0 saturated carbocycles. The van der Waals surface area contributed by atoms with Crippen molar-refractivity contribution in [2.24, 2.45) is 0 Å². The first kappa shape index (κ1) is 21.8. The number of anilines is 2. The molecular formula is C25H20N4OS3. The zero-order chi connectivity index (χ0) is 22.8. The van der Waals surface area contributed by atoms with Gasteiger partial charge in [-0.1, -0.05) is 54.2 Å². The fraction of sp³-hybridized carbons (Fsp3) is 0.120. The first-order chi connectivity index (χ1) is 16.1. The summed E-state index contributed by atoms with van der Waals surface area (Å²) in [4.78, 5) is 29.9. The van der Waals surface area contributed by atoms with Gasteiger partial charge in [0.15, 0.2) is 5.13 Å². The van der Waals surface area contributed by atoms with Gasteiger partial charge in [-0.2, -0.15) is 0 Å². The zero-order valence-corrected chi connectivity index (χ0v) is 20.5. The third kappa shape index (κ3) is 4.68. The maximum absolute atomic E-state index is 12.4. The summed E-state index contributed by atoms with van der Waals surface area (Å²) in [6.07, 6.45) is 1.62. The van der Waals surface area contributed by atoms with Gasteiger partial charge in [-0.25, -0.2) is 15.0 Å². The van der Waals surface area contributed by atoms with Crippen LogP contribution in [0.5, 0.6) is 0 Å². The topological polar surface area (TPSA) is 59.0 Å². The zero-order valence-electron chi connectivity index (χ0n) is 18.1. The number of hydrogen-bond donors (Lipinski definition) is 0. The molecule has 5 rings (SSSR count). The van der Waals surface area contributed by atoms with Crippen LogP contribution in [-0.4, -0.2) is 20.9 Å². The number of nitrogens with zero attached hydrogens (tertiary/aromatic N) is 4. The lowest BCUT2D eigenvalue weighted by molar-refractivity contribution is -0.115. The lowest BCUT2D eigenvalue weighted by Crippen LogP contribution is -2.22. The van der Waals surface area contributed by atoms with E-state index in [1.54, 1.807) is 41.2 Å². The van der Waals surface area contributed by atoms with Crippen molar-refractivity contribution in [3.05, 3.63) is 83.6 Å². The minimum Gasteiger partial charge on any atom is -0.274 e. The highest BCUT2D eigenvalue weighted by atomic mass is 32.2. The van der Waals surface area contributed by atoms with Crippen molar-refractivity contribution in [2.75, 3.05) is 4.90 Å². The van der Waals surface area contributed by atoms with Crippen LogP contribution < -0.4 is 4.90 Å². The standard InChI is InChI=1S/C25H20N4OS3/c1-16-7-6-10-20(11-16)29(17(2)30)25-28-19(14-32-25)13-31-23-21-12-22(18-8-4-3-5-9-18)33-24(21)27-15-26-23/h3-12,14-15H,13H2,1-2H3. The van der Waals surface area contributed by atoms with Gasteiger partial charge in [0.2, 0.25) is 5.91 Å². The lowest BCUT2D eigenvalue weighted by Gasteiger charge is -2.18. The number of thiazole rings is 1. The Labute approximate surface area is 204 Å². The largest absolute Gasteiger partial charge is 0.274 e. The van der Waals surface area contributed by atoms with E-state index in [9.17, 15) is 4.79 Å². The van der Waals surface area contributed by atoms with Gasteiger partial charge in [-0.15, -0.1) is 22.7 Å². The third-order valence-corrected chi connectivity index (χ3v) is 8.02. The Morgan fingerprint density at radius 3 is 2.70 bits per heavy atom. The maximum Gasteiger partial charge on any atom is 0.230 e. The molecule has 0 N–H and O–H groups in total. The van der Waals surface area contributed by atoms with E-state index in [0.29, 0.717) is 10.9 Å². The molecule has 0 unspecified atom stereocenters. The number of aryl methyl sites for hydroxylation is 1. The Morgan fingerprint density at radius 2 is 1.91 bits per heavy atom. The first-order valence-corrected chi connectivity index (χ1v) is 13.0. The molecule has 3 aromatic heterocycles. The highest BCUT2D eigenvalue weighted by Crippen LogP contribution is 2.37. The molecule has 1 amide bonds. The van der Waals surface area contributed by atoms with Crippen molar-refractivity contribution in [1.82, 2.24) is 15.0 Å². The molecule has 5 nitrogen and oxygen atoms in total. The van der Waals surface area contributed by atoms with Gasteiger partial charge in [0.05, 0.1) is 11.4 Å². The minimum atomic E-state index is -0.0571. The molecule has 164 valence electrons. The van der Waals surface area contributed by atoms with Gasteiger partial charge < -0.3 is 0 Å². The van der Waals surface area contributed by atoms with Crippen LogP contribution in [-0.2, 0) is 10.5 Å². The van der Waals surface area contributed by atoms with Gasteiger partial charge in [0.1, 0.15) is 16.2 Å². The maximum atomic E-state index is 12.4. The van der Waals surface area contributed by atoms with Gasteiger partial charge in [-0.05, 0) is 36.2 Å². The smallest absolute Gasteiger partial charge is 0.230 e. The molecule has 3 heterocycles. The average molecular weight is 489 g/mol. The fourth-order valence-corrected chi connectivity index (χ4v) is 6.42. The fourth-order valence-electron chi connectivity index (χ4n) is 3.50. The predicted octanol–water partition coefficient (Wildman–Crippen LogP) is 7.10. The Bertz CT molecular complexity index is 1430. The van der Waals surface area contributed by atoms with Gasteiger partial charge in [-0.3, -0.25) is 9.69 Å². The average Bonchev–Trinajstić information content (AvgIpc) is 3.46. The van der Waals surface area contributed by atoms with Crippen LogP contribution in [0.1, 0.15) is 18.2 Å². The summed E-state index contributed by atoms with van der Waals surface area (Å²) in [6.45, 7) is 3.58. The second-order valence-electron chi connectivity index (χ2n) is 7.48. The van der Waals surface area contributed by atoms with Crippen LogP contribution in [0.2, 0.25) is 0 Å². The lowest BCUT2D eigenvalue weighted by atomic mass is 10.2. The van der Waals surface area contributed by atoms with Crippen molar-refractivity contribution in [1.29, 1.82) is 0 Å². The molecule has 0 atom stereocenters. The van der Waals surface area contributed by atoms with Gasteiger partial charge in [0, 0.05) is 28.3 Å². The summed E-state index contributed by atoms with van der Waals surface area (Å²) in [7, 11) is 0. The van der Waals surface area contributed by atoms with Crippen LogP contribution in [0.4, 0.5) is 10.8 Å². The molecule has 0 spiro atoms. The summed E-state index contributed by atoms with van der Waals surface area (Å²) in [5, 5.41) is 4.69. The van der Waals surface area contributed by atoms with Crippen LogP contribution in [0, 0.1) is 6.92 Å². The monoisotopic (exact) mass is 488 g/mol. The number of carbonyl (C=O) groups is 1. The Hall–Kier alpha value is -3.07. The second kappa shape index (κ2) is 9.43. The number of fused-ring (bicyclic) bond motifs is 1. The number of carbonyl (C=O) groups excluding carboxylic acids is 1. The summed E-state index contributed by atoms with van der Waals surface area (Å²) in [6, 6.07) is 20.4. The minimum absolute atomic E-state index is 0.0571. The summed E-state index contributed by atoms with van der Waals surface area (Å²) < 4.78 is 0. The molecule has 5 aromatic rings. The van der Waals surface area contributed by atoms with Crippen molar-refractivity contribution in [2.45, 2.75) is 24.6 Å². The number of benzene rings is 2. The molecular weight excluding hydrogens is 469 g/mol. The van der Waals surface area contributed by atoms with Crippen molar-refractivity contribution in [3.8, 4) is 10.4 Å². The van der Waals surface area contributed by atoms with Crippen LogP contribution >= 0.6 is 34.4 Å². The second-order valence-corrected chi connectivity index (χ2v) is 10.3. The van der Waals surface area contributed by atoms with Crippen LogP contribution in [0.15, 0.2) is 77.4 Å². The van der Waals surface area contributed by atoms with E-state index in [0.717, 1.165) is 32.2 Å². The predicted molar refractivity (Wildman–Crippen MR) is 139 cm³/mol. The SMILES string of the molecule is CC(=O)N(c1cccc(C)c1)c1nc(CSc2ncnc3sc(-c4ccccc4)cc23)cs1. The molecule has 0 saturated heterocycles. The summed E-state index contributed by atoms with van der Waals surface area (Å²) >= 11 is 4.79. The Balaban J connectivity index is 1.37. The van der Waals surface area contributed by atoms with Crippen molar-refractivity contribution >= 4 is 61.4 Å². The highest BCUT2D eigenvalue weighted by molar-refractivity contribution is 7.98. The van der Waals surface area contributed by atoms with Crippen LogP contribution in [0.25, 0.3) is 20.7 Å². The van der Waals surface area contributed by atoms with Gasteiger partial charge in [0.25, 0.3) is 0 Å². The van der Waals surface area contributed by atoms with Crippen molar-refractivity contribution < 1.29 is 4.79 Å². The number of rotatable bonds is 6. The van der Waals surface area contributed by atoms with E-state index >= 15 is 0 Å². The number of thioether (sulfide) groups is 1. The molecule has 8 heteroatoms. The molecule has 0 bridgehead atoms. The molecule has 0 radical (unpaired) electrons. The highest BCUT2D eigenvalue weighted by Gasteiger charge is 2.18. The normalized spacial score (nSPS) is 11.1. The van der Waals surface area contributed by atoms with Crippen molar-refractivity contribution in [3.63, 3.8) is 0 Å². The molecule has 2 aromatic carbocycles. The quantitative estimate of drug-likeness (QED) is 0.188. The number of hydrogen-bond acceptors (Lipinski definition) is 7. The van der Waals surface area contributed by atoms with E-state index in [1.807, 2.05) is 54.8 Å². The number of aromatic nitrogens is 3. The summed E-state index contributed by atoms with van der Waals surface area (Å²) in [5.41, 5.74) is 4.04. The molecule has 0 aliphatic carbocycles. The molecule has 0 aliphatic rings. The number of amides is 1. The van der Waals surface area contributed by atoms with Gasteiger partial charge >= 0.3 is 0 Å². The molecule has 0 fully saturated rings. The number of thiophene rings is 1. The summed E-state index contributed by atoms with van der Waals surface area (Å²) in [5.74, 6) is 0.608. The Kier molecular flexibility index (Phi) is 6.22. The van der Waals surface area contributed by atoms with E-state index in [2.05, 4.69) is 28.2 Å². The van der Waals surface area contributed by atoms with E-state index in [-0.39, 0.29) is 5.91 Å². The third-order valence-electron chi connectivity index (χ3n) is 5.01.